The Labute approximate surface area is 223 Å². The fourth-order valence-corrected chi connectivity index (χ4v) is 4.92. The normalized spacial score (nSPS) is 13.2. The third-order valence-electron chi connectivity index (χ3n) is 5.73. The van der Waals surface area contributed by atoms with Crippen LogP contribution in [0.4, 0.5) is 17.3 Å². The summed E-state index contributed by atoms with van der Waals surface area (Å²) in [5.74, 6) is 2.20. The van der Waals surface area contributed by atoms with Crippen molar-refractivity contribution >= 4 is 62.3 Å². The van der Waals surface area contributed by atoms with Crippen LogP contribution in [0.15, 0.2) is 59.7 Å². The van der Waals surface area contributed by atoms with Gasteiger partial charge < -0.3 is 25.8 Å². The Morgan fingerprint density at radius 1 is 1.22 bits per heavy atom. The SMILES string of the molecule is CC(C)(O)CNC(=O)C1=Cc2c(ncnc2Nc2ccc(Oc3cccc4sccc34)c(Cl)c2)NCC1. The zero-order chi connectivity index (χ0) is 26.0. The lowest BCUT2D eigenvalue weighted by molar-refractivity contribution is -0.118. The van der Waals surface area contributed by atoms with Gasteiger partial charge in [0.2, 0.25) is 5.91 Å². The summed E-state index contributed by atoms with van der Waals surface area (Å²) in [4.78, 5) is 21.5. The smallest absolute Gasteiger partial charge is 0.247 e. The van der Waals surface area contributed by atoms with E-state index in [4.69, 9.17) is 16.3 Å². The second kappa shape index (κ2) is 10.4. The van der Waals surface area contributed by atoms with Crippen molar-refractivity contribution in [2.75, 3.05) is 23.7 Å². The minimum absolute atomic E-state index is 0.147. The molecule has 4 N–H and O–H groups in total. The van der Waals surface area contributed by atoms with E-state index in [1.54, 1.807) is 43.4 Å². The Morgan fingerprint density at radius 3 is 2.89 bits per heavy atom. The van der Waals surface area contributed by atoms with Gasteiger partial charge in [-0.15, -0.1) is 11.3 Å². The number of nitrogens with zero attached hydrogens (tertiary/aromatic N) is 2. The maximum Gasteiger partial charge on any atom is 0.247 e. The van der Waals surface area contributed by atoms with E-state index >= 15 is 0 Å². The lowest BCUT2D eigenvalue weighted by Gasteiger charge is -2.18. The molecule has 0 saturated carbocycles. The molecule has 0 aliphatic carbocycles. The lowest BCUT2D eigenvalue weighted by Crippen LogP contribution is -2.38. The van der Waals surface area contributed by atoms with Gasteiger partial charge in [0.15, 0.2) is 0 Å². The number of benzene rings is 2. The molecule has 0 unspecified atom stereocenters. The number of aromatic nitrogens is 2. The minimum atomic E-state index is -1.00. The number of hydrogen-bond donors (Lipinski definition) is 4. The molecule has 190 valence electrons. The number of thiophene rings is 1. The van der Waals surface area contributed by atoms with Crippen LogP contribution in [0.2, 0.25) is 5.02 Å². The zero-order valence-electron chi connectivity index (χ0n) is 20.3. The highest BCUT2D eigenvalue weighted by atomic mass is 35.5. The van der Waals surface area contributed by atoms with Crippen LogP contribution in [0.5, 0.6) is 11.5 Å². The molecule has 1 aliphatic heterocycles. The van der Waals surface area contributed by atoms with E-state index in [-0.39, 0.29) is 12.5 Å². The number of amides is 1. The fourth-order valence-electron chi connectivity index (χ4n) is 3.90. The summed E-state index contributed by atoms with van der Waals surface area (Å²) in [6.07, 6.45) is 3.74. The van der Waals surface area contributed by atoms with E-state index in [0.717, 1.165) is 15.8 Å². The number of aliphatic hydroxyl groups is 1. The van der Waals surface area contributed by atoms with Crippen LogP contribution >= 0.6 is 22.9 Å². The first kappa shape index (κ1) is 25.0. The van der Waals surface area contributed by atoms with Crippen LogP contribution in [0.1, 0.15) is 25.8 Å². The van der Waals surface area contributed by atoms with Gasteiger partial charge in [-0.05, 0) is 68.1 Å². The van der Waals surface area contributed by atoms with Gasteiger partial charge in [-0.2, -0.15) is 0 Å². The largest absolute Gasteiger partial charge is 0.455 e. The van der Waals surface area contributed by atoms with Gasteiger partial charge in [0.05, 0.1) is 16.2 Å². The molecule has 37 heavy (non-hydrogen) atoms. The topological polar surface area (TPSA) is 108 Å². The van der Waals surface area contributed by atoms with Gasteiger partial charge in [0.1, 0.15) is 29.5 Å². The van der Waals surface area contributed by atoms with Crippen molar-refractivity contribution in [3.63, 3.8) is 0 Å². The highest BCUT2D eigenvalue weighted by Gasteiger charge is 2.20. The van der Waals surface area contributed by atoms with Gasteiger partial charge in [0.25, 0.3) is 0 Å². The van der Waals surface area contributed by atoms with E-state index in [1.807, 2.05) is 29.6 Å². The number of fused-ring (bicyclic) bond motifs is 2. The molecular weight excluding hydrogens is 510 g/mol. The van der Waals surface area contributed by atoms with E-state index in [9.17, 15) is 9.90 Å². The molecule has 5 rings (SSSR count). The molecule has 8 nitrogen and oxygen atoms in total. The molecule has 0 radical (unpaired) electrons. The predicted octanol–water partition coefficient (Wildman–Crippen LogP) is 5.97. The standard InChI is InChI=1S/C27H26ClN5O3S/c1-27(2,35)14-30-26(34)16-8-10-29-24-19(12-16)25(32-15-31-24)33-17-6-7-22(20(28)13-17)36-21-4-3-5-23-18(21)9-11-37-23/h3-7,9,11-13,15,35H,8,10,14H2,1-2H3,(H,30,34)(H2,29,31,32,33). The lowest BCUT2D eigenvalue weighted by atomic mass is 10.1. The second-order valence-corrected chi connectivity index (χ2v) is 10.6. The van der Waals surface area contributed by atoms with E-state index in [2.05, 4.69) is 32.0 Å². The quantitative estimate of drug-likeness (QED) is 0.231. The summed E-state index contributed by atoms with van der Waals surface area (Å²) >= 11 is 8.24. The zero-order valence-corrected chi connectivity index (χ0v) is 21.9. The summed E-state index contributed by atoms with van der Waals surface area (Å²) in [5, 5.41) is 22.8. The van der Waals surface area contributed by atoms with Gasteiger partial charge >= 0.3 is 0 Å². The van der Waals surface area contributed by atoms with Gasteiger partial charge in [-0.3, -0.25) is 4.79 Å². The Bertz CT molecular complexity index is 1500. The predicted molar refractivity (Wildman–Crippen MR) is 149 cm³/mol. The van der Waals surface area contributed by atoms with Crippen LogP contribution < -0.4 is 20.7 Å². The van der Waals surface area contributed by atoms with Crippen LogP contribution in [0, 0.1) is 0 Å². The first-order valence-electron chi connectivity index (χ1n) is 11.8. The number of carbonyl (C=O) groups is 1. The van der Waals surface area contributed by atoms with E-state index in [0.29, 0.717) is 52.2 Å². The van der Waals surface area contributed by atoms with Crippen molar-refractivity contribution < 1.29 is 14.6 Å². The van der Waals surface area contributed by atoms with E-state index < -0.39 is 5.60 Å². The molecule has 0 saturated heterocycles. The monoisotopic (exact) mass is 535 g/mol. The summed E-state index contributed by atoms with van der Waals surface area (Å²) in [5.41, 5.74) is 0.933. The fraction of sp³-hybridized carbons (Fsp3) is 0.222. The summed E-state index contributed by atoms with van der Waals surface area (Å²) < 4.78 is 7.26. The van der Waals surface area contributed by atoms with Crippen molar-refractivity contribution in [3.8, 4) is 11.5 Å². The summed E-state index contributed by atoms with van der Waals surface area (Å²) in [6, 6.07) is 13.4. The maximum atomic E-state index is 12.8. The number of carbonyl (C=O) groups excluding carboxylic acids is 1. The number of ether oxygens (including phenoxy) is 1. The van der Waals surface area contributed by atoms with E-state index in [1.165, 1.54) is 6.33 Å². The number of rotatable bonds is 7. The molecule has 1 aliphatic rings. The molecule has 0 spiro atoms. The van der Waals surface area contributed by atoms with Crippen molar-refractivity contribution in [1.82, 2.24) is 15.3 Å². The summed E-state index contributed by atoms with van der Waals surface area (Å²) in [6.45, 7) is 3.98. The number of nitrogens with one attached hydrogen (secondary N) is 3. The maximum absolute atomic E-state index is 12.8. The second-order valence-electron chi connectivity index (χ2n) is 9.29. The summed E-state index contributed by atoms with van der Waals surface area (Å²) in [7, 11) is 0. The molecule has 0 fully saturated rings. The van der Waals surface area contributed by atoms with Crippen molar-refractivity contribution in [1.29, 1.82) is 0 Å². The van der Waals surface area contributed by atoms with Gasteiger partial charge in [-0.25, -0.2) is 9.97 Å². The van der Waals surface area contributed by atoms with Crippen LogP contribution in [-0.2, 0) is 4.79 Å². The average Bonchev–Trinajstić information content (AvgIpc) is 3.23. The van der Waals surface area contributed by atoms with Crippen molar-refractivity contribution in [2.45, 2.75) is 25.9 Å². The Hall–Kier alpha value is -3.66. The molecule has 0 bridgehead atoms. The number of halogens is 1. The van der Waals surface area contributed by atoms with Crippen molar-refractivity contribution in [3.05, 3.63) is 70.3 Å². The van der Waals surface area contributed by atoms with Crippen LogP contribution in [-0.4, -0.2) is 39.7 Å². The third-order valence-corrected chi connectivity index (χ3v) is 6.91. The first-order valence-corrected chi connectivity index (χ1v) is 13.0. The van der Waals surface area contributed by atoms with Crippen molar-refractivity contribution in [2.24, 2.45) is 0 Å². The first-order chi connectivity index (χ1) is 17.8. The molecule has 4 aromatic rings. The Balaban J connectivity index is 1.38. The van der Waals surface area contributed by atoms with Gasteiger partial charge in [-0.1, -0.05) is 17.7 Å². The Morgan fingerprint density at radius 2 is 2.08 bits per heavy atom. The molecule has 2 aromatic carbocycles. The molecule has 10 heteroatoms. The number of anilines is 3. The highest BCUT2D eigenvalue weighted by molar-refractivity contribution is 7.17. The molecular formula is C27H26ClN5O3S. The Kier molecular flexibility index (Phi) is 7.01. The highest BCUT2D eigenvalue weighted by Crippen LogP contribution is 2.37. The van der Waals surface area contributed by atoms with Gasteiger partial charge in [0, 0.05) is 34.4 Å². The molecule has 1 amide bonds. The third kappa shape index (κ3) is 5.85. The average molecular weight is 536 g/mol. The van der Waals surface area contributed by atoms with Crippen LogP contribution in [0.25, 0.3) is 16.2 Å². The minimum Gasteiger partial charge on any atom is -0.455 e. The molecule has 2 aromatic heterocycles. The molecule has 3 heterocycles. The number of hydrogen-bond acceptors (Lipinski definition) is 8. The molecule has 0 atom stereocenters. The van der Waals surface area contributed by atoms with Crippen LogP contribution in [0.3, 0.4) is 0 Å².